The van der Waals surface area contributed by atoms with E-state index in [-0.39, 0.29) is 11.7 Å². The van der Waals surface area contributed by atoms with Crippen molar-refractivity contribution < 1.29 is 9.53 Å². The normalized spacial score (nSPS) is 13.7. The Kier molecular flexibility index (Phi) is 8.64. The SMILES string of the molecule is Cc1ccc2nc(Nc3cc(OC[C@H](C)C/C=C/C(=O)c4ccccn4)cc(C4=CN(C)C=CC=C4)c3)ncc2c1. The van der Waals surface area contributed by atoms with Gasteiger partial charge in [-0.25, -0.2) is 9.97 Å². The van der Waals surface area contributed by atoms with Gasteiger partial charge in [-0.15, -0.1) is 0 Å². The second-order valence-electron chi connectivity index (χ2n) is 10.2. The van der Waals surface area contributed by atoms with Crippen LogP contribution in [0.15, 0.2) is 110 Å². The highest BCUT2D eigenvalue weighted by atomic mass is 16.5. The molecular formula is C34H33N5O2. The zero-order valence-electron chi connectivity index (χ0n) is 23.5. The topological polar surface area (TPSA) is 80.2 Å². The summed E-state index contributed by atoms with van der Waals surface area (Å²) in [6.45, 7) is 4.65. The number of ketones is 1. The molecule has 0 saturated heterocycles. The molecule has 0 saturated carbocycles. The molecule has 41 heavy (non-hydrogen) atoms. The van der Waals surface area contributed by atoms with Crippen LogP contribution in [-0.2, 0) is 0 Å². The molecule has 1 aliphatic rings. The van der Waals surface area contributed by atoms with Crippen molar-refractivity contribution in [3.05, 3.63) is 127 Å². The highest BCUT2D eigenvalue weighted by Gasteiger charge is 2.11. The second-order valence-corrected chi connectivity index (χ2v) is 10.2. The van der Waals surface area contributed by atoms with Crippen molar-refractivity contribution in [2.75, 3.05) is 19.0 Å². The fraction of sp³-hybridized carbons (Fsp3) is 0.176. The van der Waals surface area contributed by atoms with E-state index in [1.54, 1.807) is 24.4 Å². The summed E-state index contributed by atoms with van der Waals surface area (Å²) in [5, 5.41) is 4.37. The van der Waals surface area contributed by atoms with E-state index in [1.807, 2.05) is 72.9 Å². The molecule has 0 unspecified atom stereocenters. The zero-order chi connectivity index (χ0) is 28.6. The second kappa shape index (κ2) is 12.9. The van der Waals surface area contributed by atoms with Gasteiger partial charge in [0.1, 0.15) is 11.4 Å². The van der Waals surface area contributed by atoms with Gasteiger partial charge in [-0.05, 0) is 78.9 Å². The fourth-order valence-corrected chi connectivity index (χ4v) is 4.39. The van der Waals surface area contributed by atoms with Crippen LogP contribution < -0.4 is 10.1 Å². The van der Waals surface area contributed by atoms with Gasteiger partial charge in [0.15, 0.2) is 0 Å². The molecule has 0 radical (unpaired) electrons. The van der Waals surface area contributed by atoms with Gasteiger partial charge >= 0.3 is 0 Å². The fourth-order valence-electron chi connectivity index (χ4n) is 4.39. The first-order valence-electron chi connectivity index (χ1n) is 13.6. The first-order valence-corrected chi connectivity index (χ1v) is 13.6. The number of aryl methyl sites for hydroxylation is 1. The van der Waals surface area contributed by atoms with Crippen molar-refractivity contribution in [1.29, 1.82) is 0 Å². The maximum atomic E-state index is 12.3. The third-order valence-corrected chi connectivity index (χ3v) is 6.54. The lowest BCUT2D eigenvalue weighted by Gasteiger charge is -2.16. The van der Waals surface area contributed by atoms with Crippen LogP contribution in [-0.4, -0.2) is 39.3 Å². The van der Waals surface area contributed by atoms with Crippen LogP contribution >= 0.6 is 0 Å². The molecule has 206 valence electrons. The number of anilines is 2. The number of benzene rings is 2. The van der Waals surface area contributed by atoms with Crippen molar-refractivity contribution in [2.45, 2.75) is 20.3 Å². The molecule has 0 aliphatic carbocycles. The molecule has 1 N–H and O–H groups in total. The van der Waals surface area contributed by atoms with E-state index in [2.05, 4.69) is 53.5 Å². The molecule has 4 aromatic rings. The summed E-state index contributed by atoms with van der Waals surface area (Å²) < 4.78 is 6.27. The minimum absolute atomic E-state index is 0.0997. The number of rotatable bonds is 10. The Hall–Kier alpha value is -5.04. The molecule has 0 amide bonds. The van der Waals surface area contributed by atoms with Crippen LogP contribution in [0.2, 0.25) is 0 Å². The standard InChI is InChI=1S/C34H33N5O2/c1-24-13-14-31-28(17-24)21-36-34(38-31)37-29-18-27(26-10-5-7-16-39(3)22-26)19-30(20-29)41-23-25(2)9-8-12-33(40)32-11-4-6-15-35-32/h4-8,10-22,25H,9,23H2,1-3H3,(H,36,37,38)/b12-8+/t25-/m1/s1. The number of carbonyl (C=O) groups excluding carboxylic acids is 1. The van der Waals surface area contributed by atoms with E-state index < -0.39 is 0 Å². The van der Waals surface area contributed by atoms with Gasteiger partial charge in [0.2, 0.25) is 11.7 Å². The maximum absolute atomic E-state index is 12.3. The lowest BCUT2D eigenvalue weighted by Crippen LogP contribution is -2.09. The minimum Gasteiger partial charge on any atom is -0.493 e. The van der Waals surface area contributed by atoms with Gasteiger partial charge in [-0.3, -0.25) is 9.78 Å². The number of aromatic nitrogens is 3. The monoisotopic (exact) mass is 543 g/mol. The molecule has 5 rings (SSSR count). The third kappa shape index (κ3) is 7.54. The first-order chi connectivity index (χ1) is 19.9. The molecule has 0 spiro atoms. The van der Waals surface area contributed by atoms with Crippen LogP contribution in [0, 0.1) is 12.8 Å². The Balaban J connectivity index is 1.32. The molecule has 3 heterocycles. The predicted octanol–water partition coefficient (Wildman–Crippen LogP) is 7.28. The zero-order valence-corrected chi connectivity index (χ0v) is 23.5. The Bertz CT molecular complexity index is 1660. The summed E-state index contributed by atoms with van der Waals surface area (Å²) in [7, 11) is 2.00. The lowest BCUT2D eigenvalue weighted by atomic mass is 10.0. The van der Waals surface area contributed by atoms with Gasteiger partial charge in [0, 0.05) is 49.0 Å². The van der Waals surface area contributed by atoms with Crippen molar-refractivity contribution >= 4 is 33.9 Å². The highest BCUT2D eigenvalue weighted by Crippen LogP contribution is 2.30. The largest absolute Gasteiger partial charge is 0.493 e. The Morgan fingerprint density at radius 2 is 2.00 bits per heavy atom. The molecule has 2 aromatic heterocycles. The molecule has 0 fully saturated rings. The molecule has 7 nitrogen and oxygen atoms in total. The highest BCUT2D eigenvalue weighted by molar-refractivity contribution is 6.02. The lowest BCUT2D eigenvalue weighted by molar-refractivity contribution is 0.104. The summed E-state index contributed by atoms with van der Waals surface area (Å²) >= 11 is 0. The van der Waals surface area contributed by atoms with Crippen LogP contribution in [0.1, 0.15) is 35.0 Å². The molecule has 1 atom stereocenters. The molecule has 2 aromatic carbocycles. The van der Waals surface area contributed by atoms with E-state index in [1.165, 1.54) is 5.56 Å². The average Bonchev–Trinajstić information content (AvgIpc) is 3.21. The van der Waals surface area contributed by atoms with Crippen molar-refractivity contribution in [3.63, 3.8) is 0 Å². The van der Waals surface area contributed by atoms with Crippen LogP contribution in [0.4, 0.5) is 11.6 Å². The van der Waals surface area contributed by atoms with Gasteiger partial charge < -0.3 is 15.0 Å². The minimum atomic E-state index is -0.0997. The maximum Gasteiger partial charge on any atom is 0.227 e. The number of fused-ring (bicyclic) bond motifs is 1. The van der Waals surface area contributed by atoms with Gasteiger partial charge in [-0.1, -0.05) is 42.8 Å². The van der Waals surface area contributed by atoms with Crippen molar-refractivity contribution in [1.82, 2.24) is 19.9 Å². The quantitative estimate of drug-likeness (QED) is 0.166. The molecule has 0 bridgehead atoms. The third-order valence-electron chi connectivity index (χ3n) is 6.54. The number of nitrogens with zero attached hydrogens (tertiary/aromatic N) is 4. The van der Waals surface area contributed by atoms with E-state index >= 15 is 0 Å². The summed E-state index contributed by atoms with van der Waals surface area (Å²) in [6, 6.07) is 17.5. The Morgan fingerprint density at radius 1 is 1.10 bits per heavy atom. The first kappa shape index (κ1) is 27.5. The summed E-state index contributed by atoms with van der Waals surface area (Å²) in [5.41, 5.74) is 5.37. The number of allylic oxidation sites excluding steroid dienone is 6. The van der Waals surface area contributed by atoms with E-state index in [9.17, 15) is 4.79 Å². The Labute approximate surface area is 240 Å². The number of pyridine rings is 1. The predicted molar refractivity (Wildman–Crippen MR) is 165 cm³/mol. The van der Waals surface area contributed by atoms with Crippen molar-refractivity contribution in [2.24, 2.45) is 5.92 Å². The van der Waals surface area contributed by atoms with E-state index in [0.29, 0.717) is 24.7 Å². The molecule has 7 heteroatoms. The number of hydrogen-bond donors (Lipinski definition) is 1. The van der Waals surface area contributed by atoms with Gasteiger partial charge in [-0.2, -0.15) is 0 Å². The van der Waals surface area contributed by atoms with Crippen LogP contribution in [0.25, 0.3) is 16.5 Å². The molecule has 1 aliphatic heterocycles. The Morgan fingerprint density at radius 3 is 2.85 bits per heavy atom. The molecular weight excluding hydrogens is 510 g/mol. The smallest absolute Gasteiger partial charge is 0.227 e. The van der Waals surface area contributed by atoms with E-state index in [0.717, 1.165) is 33.5 Å². The summed E-state index contributed by atoms with van der Waals surface area (Å²) in [5.74, 6) is 1.35. The van der Waals surface area contributed by atoms with Gasteiger partial charge in [0.05, 0.1) is 12.1 Å². The number of carbonyl (C=O) groups is 1. The summed E-state index contributed by atoms with van der Waals surface area (Å²) in [6.07, 6.45) is 17.8. The van der Waals surface area contributed by atoms with E-state index in [4.69, 9.17) is 9.72 Å². The van der Waals surface area contributed by atoms with Crippen LogP contribution in [0.5, 0.6) is 5.75 Å². The summed E-state index contributed by atoms with van der Waals surface area (Å²) in [4.78, 5) is 27.7. The van der Waals surface area contributed by atoms with Gasteiger partial charge in [0.25, 0.3) is 0 Å². The van der Waals surface area contributed by atoms with Crippen LogP contribution in [0.3, 0.4) is 0 Å². The number of ether oxygens (including phenoxy) is 1. The average molecular weight is 544 g/mol. The number of hydrogen-bond acceptors (Lipinski definition) is 7. The van der Waals surface area contributed by atoms with Crippen molar-refractivity contribution in [3.8, 4) is 5.75 Å². The number of nitrogens with one attached hydrogen (secondary N) is 1.